The zero-order valence-corrected chi connectivity index (χ0v) is 17.2. The number of carbonyl (C=O) groups is 1. The van der Waals surface area contributed by atoms with Gasteiger partial charge < -0.3 is 20.8 Å². The predicted molar refractivity (Wildman–Crippen MR) is 112 cm³/mol. The Morgan fingerprint density at radius 1 is 1.07 bits per heavy atom. The molecule has 0 radical (unpaired) electrons. The molecule has 0 aromatic heterocycles. The van der Waals surface area contributed by atoms with E-state index in [1.807, 2.05) is 26.0 Å². The molecule has 28 heavy (non-hydrogen) atoms. The monoisotopic (exact) mass is 384 g/mol. The van der Waals surface area contributed by atoms with Gasteiger partial charge in [-0.3, -0.25) is 4.79 Å². The quantitative estimate of drug-likeness (QED) is 0.535. The third-order valence-electron chi connectivity index (χ3n) is 4.50. The zero-order valence-electron chi connectivity index (χ0n) is 17.2. The van der Waals surface area contributed by atoms with Crippen LogP contribution in [0.5, 0.6) is 5.75 Å². The number of benzene rings is 2. The summed E-state index contributed by atoms with van der Waals surface area (Å²) in [5, 5.41) is 26.1. The van der Waals surface area contributed by atoms with E-state index in [-0.39, 0.29) is 23.2 Å². The zero-order chi connectivity index (χ0) is 20.7. The maximum absolute atomic E-state index is 12.0. The molecular formula is C23H32N2O3. The van der Waals surface area contributed by atoms with Crippen LogP contribution in [0.1, 0.15) is 50.5 Å². The summed E-state index contributed by atoms with van der Waals surface area (Å²) in [6.07, 6.45) is 0.500. The van der Waals surface area contributed by atoms with E-state index >= 15 is 0 Å². The van der Waals surface area contributed by atoms with Crippen molar-refractivity contribution in [3.63, 3.8) is 0 Å². The Morgan fingerprint density at radius 2 is 1.71 bits per heavy atom. The molecule has 1 unspecified atom stereocenters. The van der Waals surface area contributed by atoms with Crippen molar-refractivity contribution in [3.05, 3.63) is 65.2 Å². The van der Waals surface area contributed by atoms with Crippen molar-refractivity contribution < 1.29 is 15.0 Å². The number of phenols is 1. The molecule has 2 aromatic carbocycles. The standard InChI is InChI=1S/C23H32N2O3/c1-16(2)25-22(28)13-17-6-5-7-18(12-17)14-23(3,4)24-15-21(27)19-8-10-20(26)11-9-19/h5-12,16,21,24,26-27H,13-15H2,1-4H3,(H,25,28). The summed E-state index contributed by atoms with van der Waals surface area (Å²) in [7, 11) is 0. The Kier molecular flexibility index (Phi) is 7.61. The number of aromatic hydroxyl groups is 1. The average Bonchev–Trinajstić information content (AvgIpc) is 2.59. The summed E-state index contributed by atoms with van der Waals surface area (Å²) in [6, 6.07) is 14.8. The summed E-state index contributed by atoms with van der Waals surface area (Å²) in [4.78, 5) is 12.0. The molecule has 0 aliphatic carbocycles. The largest absolute Gasteiger partial charge is 0.508 e. The van der Waals surface area contributed by atoms with Crippen molar-refractivity contribution in [2.75, 3.05) is 6.54 Å². The lowest BCUT2D eigenvalue weighted by molar-refractivity contribution is -0.120. The molecule has 1 amide bonds. The SMILES string of the molecule is CC(C)NC(=O)Cc1cccc(CC(C)(C)NCC(O)c2ccc(O)cc2)c1. The van der Waals surface area contributed by atoms with E-state index < -0.39 is 6.10 Å². The number of amides is 1. The third-order valence-corrected chi connectivity index (χ3v) is 4.50. The lowest BCUT2D eigenvalue weighted by Gasteiger charge is -2.28. The second kappa shape index (κ2) is 9.71. The number of carbonyl (C=O) groups excluding carboxylic acids is 1. The minimum Gasteiger partial charge on any atom is -0.508 e. The molecule has 0 fully saturated rings. The van der Waals surface area contributed by atoms with Crippen LogP contribution in [0, 0.1) is 0 Å². The first-order chi connectivity index (χ1) is 13.1. The summed E-state index contributed by atoms with van der Waals surface area (Å²) in [6.45, 7) is 8.50. The fraction of sp³-hybridized carbons (Fsp3) is 0.435. The summed E-state index contributed by atoms with van der Waals surface area (Å²) < 4.78 is 0. The second-order valence-electron chi connectivity index (χ2n) is 8.27. The highest BCUT2D eigenvalue weighted by atomic mass is 16.3. The van der Waals surface area contributed by atoms with Crippen molar-refractivity contribution in [3.8, 4) is 5.75 Å². The predicted octanol–water partition coefficient (Wildman–Crippen LogP) is 3.10. The molecule has 152 valence electrons. The van der Waals surface area contributed by atoms with Gasteiger partial charge in [-0.05, 0) is 62.9 Å². The number of aliphatic hydroxyl groups excluding tert-OH is 1. The van der Waals surface area contributed by atoms with Crippen LogP contribution in [-0.4, -0.2) is 34.2 Å². The summed E-state index contributed by atoms with van der Waals surface area (Å²) in [5.41, 5.74) is 2.68. The minimum absolute atomic E-state index is 0.0292. The van der Waals surface area contributed by atoms with Crippen LogP contribution in [-0.2, 0) is 17.6 Å². The van der Waals surface area contributed by atoms with Gasteiger partial charge in [0.15, 0.2) is 0 Å². The first kappa shape index (κ1) is 21.9. The molecule has 4 N–H and O–H groups in total. The number of aliphatic hydroxyl groups is 1. The number of β-amino-alcohol motifs (C(OH)–C–C–N with tert-alkyl or cyclic N) is 1. The van der Waals surface area contributed by atoms with Crippen LogP contribution in [0.3, 0.4) is 0 Å². The maximum atomic E-state index is 12.0. The van der Waals surface area contributed by atoms with Crippen LogP contribution in [0.4, 0.5) is 0 Å². The highest BCUT2D eigenvalue weighted by molar-refractivity contribution is 5.78. The number of hydrogen-bond donors (Lipinski definition) is 4. The molecule has 5 heteroatoms. The Morgan fingerprint density at radius 3 is 2.36 bits per heavy atom. The van der Waals surface area contributed by atoms with Gasteiger partial charge >= 0.3 is 0 Å². The molecule has 1 atom stereocenters. The molecule has 0 bridgehead atoms. The maximum Gasteiger partial charge on any atom is 0.224 e. The normalized spacial score (nSPS) is 12.8. The topological polar surface area (TPSA) is 81.6 Å². The van der Waals surface area contributed by atoms with E-state index in [0.29, 0.717) is 13.0 Å². The Bertz CT molecular complexity index is 770. The lowest BCUT2D eigenvalue weighted by Crippen LogP contribution is -2.43. The minimum atomic E-state index is -0.647. The van der Waals surface area contributed by atoms with E-state index in [2.05, 4.69) is 36.6 Å². The van der Waals surface area contributed by atoms with Crippen molar-refractivity contribution >= 4 is 5.91 Å². The lowest BCUT2D eigenvalue weighted by atomic mass is 9.93. The van der Waals surface area contributed by atoms with Crippen LogP contribution in [0.15, 0.2) is 48.5 Å². The van der Waals surface area contributed by atoms with Gasteiger partial charge in [-0.1, -0.05) is 36.4 Å². The number of nitrogens with one attached hydrogen (secondary N) is 2. The molecule has 0 heterocycles. The van der Waals surface area contributed by atoms with E-state index in [1.165, 1.54) is 0 Å². The van der Waals surface area contributed by atoms with E-state index in [4.69, 9.17) is 0 Å². The fourth-order valence-electron chi connectivity index (χ4n) is 3.17. The van der Waals surface area contributed by atoms with Crippen LogP contribution in [0.2, 0.25) is 0 Å². The van der Waals surface area contributed by atoms with Crippen molar-refractivity contribution in [2.45, 2.75) is 58.2 Å². The molecule has 0 saturated carbocycles. The summed E-state index contributed by atoms with van der Waals surface area (Å²) in [5.74, 6) is 0.216. The van der Waals surface area contributed by atoms with Crippen LogP contribution < -0.4 is 10.6 Å². The first-order valence-corrected chi connectivity index (χ1v) is 9.74. The van der Waals surface area contributed by atoms with E-state index in [1.54, 1.807) is 24.3 Å². The van der Waals surface area contributed by atoms with Crippen LogP contribution in [0.25, 0.3) is 0 Å². The smallest absolute Gasteiger partial charge is 0.224 e. The fourth-order valence-corrected chi connectivity index (χ4v) is 3.17. The average molecular weight is 385 g/mol. The highest BCUT2D eigenvalue weighted by Crippen LogP contribution is 2.19. The van der Waals surface area contributed by atoms with Crippen molar-refractivity contribution in [1.82, 2.24) is 10.6 Å². The number of phenolic OH excluding ortho intramolecular Hbond substituents is 1. The van der Waals surface area contributed by atoms with Crippen LogP contribution >= 0.6 is 0 Å². The Labute approximate surface area is 167 Å². The van der Waals surface area contributed by atoms with Gasteiger partial charge in [0, 0.05) is 18.1 Å². The van der Waals surface area contributed by atoms with Gasteiger partial charge in [-0.2, -0.15) is 0 Å². The number of hydrogen-bond acceptors (Lipinski definition) is 4. The van der Waals surface area contributed by atoms with Gasteiger partial charge in [-0.25, -0.2) is 0 Å². The molecular weight excluding hydrogens is 352 g/mol. The van der Waals surface area contributed by atoms with Gasteiger partial charge in [0.25, 0.3) is 0 Å². The van der Waals surface area contributed by atoms with Gasteiger partial charge in [0.05, 0.1) is 12.5 Å². The highest BCUT2D eigenvalue weighted by Gasteiger charge is 2.20. The van der Waals surface area contributed by atoms with Crippen molar-refractivity contribution in [1.29, 1.82) is 0 Å². The van der Waals surface area contributed by atoms with E-state index in [9.17, 15) is 15.0 Å². The van der Waals surface area contributed by atoms with Gasteiger partial charge in [0.1, 0.15) is 5.75 Å². The van der Waals surface area contributed by atoms with Gasteiger partial charge in [0.2, 0.25) is 5.91 Å². The van der Waals surface area contributed by atoms with E-state index in [0.717, 1.165) is 23.1 Å². The molecule has 0 saturated heterocycles. The summed E-state index contributed by atoms with van der Waals surface area (Å²) >= 11 is 0. The molecule has 2 aromatic rings. The third kappa shape index (κ3) is 7.33. The first-order valence-electron chi connectivity index (χ1n) is 9.74. The molecule has 0 aliphatic rings. The molecule has 0 aliphatic heterocycles. The second-order valence-corrected chi connectivity index (χ2v) is 8.27. The Hall–Kier alpha value is -2.37. The number of rotatable bonds is 9. The molecule has 0 spiro atoms. The molecule has 2 rings (SSSR count). The van der Waals surface area contributed by atoms with Gasteiger partial charge in [-0.15, -0.1) is 0 Å². The van der Waals surface area contributed by atoms with Crippen molar-refractivity contribution in [2.24, 2.45) is 0 Å². The Balaban J connectivity index is 1.93. The molecule has 5 nitrogen and oxygen atoms in total.